The summed E-state index contributed by atoms with van der Waals surface area (Å²) in [7, 11) is 0. The van der Waals surface area contributed by atoms with Crippen molar-refractivity contribution >= 4 is 0 Å². The average Bonchev–Trinajstić information content (AvgIpc) is 3.07. The molecule has 2 aliphatic rings. The van der Waals surface area contributed by atoms with Crippen molar-refractivity contribution in [1.29, 1.82) is 0 Å². The Morgan fingerprint density at radius 2 is 2.29 bits per heavy atom. The molecular weight excluding hydrogens is 178 g/mol. The summed E-state index contributed by atoms with van der Waals surface area (Å²) in [5.41, 5.74) is 0. The van der Waals surface area contributed by atoms with Crippen LogP contribution in [-0.2, 0) is 6.54 Å². The van der Waals surface area contributed by atoms with Crippen LogP contribution in [0.2, 0.25) is 0 Å². The van der Waals surface area contributed by atoms with E-state index in [1.165, 1.54) is 19.3 Å². The summed E-state index contributed by atoms with van der Waals surface area (Å²) in [5.74, 6) is 2.96. The Labute approximate surface area is 83.1 Å². The van der Waals surface area contributed by atoms with Gasteiger partial charge in [0, 0.05) is 12.0 Å². The van der Waals surface area contributed by atoms with Crippen LogP contribution in [-0.4, -0.2) is 16.2 Å². The van der Waals surface area contributed by atoms with Crippen molar-refractivity contribution < 1.29 is 4.52 Å². The number of nitrogens with zero attached hydrogens (tertiary/aromatic N) is 2. The van der Waals surface area contributed by atoms with Gasteiger partial charge in [0.05, 0.1) is 6.54 Å². The van der Waals surface area contributed by atoms with E-state index in [1.54, 1.807) is 0 Å². The van der Waals surface area contributed by atoms with Gasteiger partial charge in [-0.3, -0.25) is 0 Å². The second kappa shape index (κ2) is 3.05. The van der Waals surface area contributed by atoms with Gasteiger partial charge in [0.15, 0.2) is 5.82 Å². The lowest BCUT2D eigenvalue weighted by atomic mass is 10.3. The first-order valence-electron chi connectivity index (χ1n) is 5.39. The molecule has 1 aromatic rings. The fourth-order valence-electron chi connectivity index (χ4n) is 1.69. The molecule has 0 radical (unpaired) electrons. The molecule has 0 amide bonds. The van der Waals surface area contributed by atoms with Gasteiger partial charge in [0.25, 0.3) is 0 Å². The maximum Gasteiger partial charge on any atom is 0.240 e. The molecule has 2 aliphatic carbocycles. The predicted molar refractivity (Wildman–Crippen MR) is 50.7 cm³/mol. The number of hydrogen-bond acceptors (Lipinski definition) is 4. The fraction of sp³-hybridized carbons (Fsp3) is 0.800. The summed E-state index contributed by atoms with van der Waals surface area (Å²) in [5, 5.41) is 7.36. The second-order valence-corrected chi connectivity index (χ2v) is 4.52. The predicted octanol–water partition coefficient (Wildman–Crippen LogP) is 1.45. The van der Waals surface area contributed by atoms with Crippen LogP contribution in [0.5, 0.6) is 0 Å². The molecule has 2 atom stereocenters. The Bertz CT molecular complexity index is 332. The summed E-state index contributed by atoms with van der Waals surface area (Å²) in [6, 6.07) is 0.699. The van der Waals surface area contributed by atoms with Gasteiger partial charge in [-0.15, -0.1) is 0 Å². The molecule has 2 unspecified atom stereocenters. The zero-order valence-electron chi connectivity index (χ0n) is 8.36. The van der Waals surface area contributed by atoms with E-state index in [2.05, 4.69) is 22.4 Å². The van der Waals surface area contributed by atoms with E-state index in [4.69, 9.17) is 4.52 Å². The van der Waals surface area contributed by atoms with E-state index in [-0.39, 0.29) is 0 Å². The van der Waals surface area contributed by atoms with Crippen LogP contribution in [0.15, 0.2) is 4.52 Å². The van der Waals surface area contributed by atoms with Crippen molar-refractivity contribution in [3.05, 3.63) is 11.7 Å². The molecule has 4 heteroatoms. The van der Waals surface area contributed by atoms with Gasteiger partial charge in [-0.1, -0.05) is 12.1 Å². The zero-order valence-corrected chi connectivity index (χ0v) is 8.36. The topological polar surface area (TPSA) is 51.0 Å². The van der Waals surface area contributed by atoms with E-state index in [0.717, 1.165) is 24.2 Å². The Morgan fingerprint density at radius 3 is 2.93 bits per heavy atom. The quantitative estimate of drug-likeness (QED) is 0.786. The van der Waals surface area contributed by atoms with E-state index in [1.807, 2.05) is 0 Å². The molecule has 0 saturated heterocycles. The summed E-state index contributed by atoms with van der Waals surface area (Å²) in [4.78, 5) is 4.38. The van der Waals surface area contributed by atoms with E-state index >= 15 is 0 Å². The maximum absolute atomic E-state index is 5.17. The van der Waals surface area contributed by atoms with Gasteiger partial charge < -0.3 is 9.84 Å². The first-order valence-corrected chi connectivity index (χ1v) is 5.39. The van der Waals surface area contributed by atoms with Crippen LogP contribution >= 0.6 is 0 Å². The molecule has 0 aromatic carbocycles. The third kappa shape index (κ3) is 1.66. The Morgan fingerprint density at radius 1 is 1.50 bits per heavy atom. The number of nitrogens with one attached hydrogen (secondary N) is 1. The highest BCUT2D eigenvalue weighted by Crippen LogP contribution is 2.45. The van der Waals surface area contributed by atoms with Gasteiger partial charge in [-0.05, 0) is 25.2 Å². The maximum atomic E-state index is 5.17. The highest BCUT2D eigenvalue weighted by molar-refractivity contribution is 5.07. The smallest absolute Gasteiger partial charge is 0.240 e. The lowest BCUT2D eigenvalue weighted by Crippen LogP contribution is -2.15. The molecule has 4 nitrogen and oxygen atoms in total. The average molecular weight is 193 g/mol. The molecule has 76 valence electrons. The first kappa shape index (κ1) is 8.41. The van der Waals surface area contributed by atoms with Crippen LogP contribution in [0.4, 0.5) is 0 Å². The molecule has 14 heavy (non-hydrogen) atoms. The minimum absolute atomic E-state index is 0.563. The van der Waals surface area contributed by atoms with Crippen molar-refractivity contribution in [2.24, 2.45) is 5.92 Å². The summed E-state index contributed by atoms with van der Waals surface area (Å²) >= 11 is 0. The molecule has 2 fully saturated rings. The van der Waals surface area contributed by atoms with E-state index in [9.17, 15) is 0 Å². The molecule has 1 heterocycles. The van der Waals surface area contributed by atoms with E-state index in [0.29, 0.717) is 12.0 Å². The standard InChI is InChI=1S/C10H15N3O/c1-6-4-8(6)10-12-9(14-13-10)5-11-7-2-3-7/h6-8,11H,2-5H2,1H3. The number of hydrogen-bond donors (Lipinski definition) is 1. The van der Waals surface area contributed by atoms with Crippen molar-refractivity contribution in [2.45, 2.75) is 44.7 Å². The van der Waals surface area contributed by atoms with Gasteiger partial charge in [0.1, 0.15) is 0 Å². The third-order valence-electron chi connectivity index (χ3n) is 3.04. The van der Waals surface area contributed by atoms with Gasteiger partial charge >= 0.3 is 0 Å². The molecule has 0 aliphatic heterocycles. The molecule has 1 N–H and O–H groups in total. The minimum Gasteiger partial charge on any atom is -0.338 e. The SMILES string of the molecule is CC1CC1c1noc(CNC2CC2)n1. The molecule has 0 bridgehead atoms. The molecule has 2 saturated carbocycles. The van der Waals surface area contributed by atoms with Crippen molar-refractivity contribution in [2.75, 3.05) is 0 Å². The second-order valence-electron chi connectivity index (χ2n) is 4.52. The third-order valence-corrected chi connectivity index (χ3v) is 3.04. The van der Waals surface area contributed by atoms with Crippen LogP contribution in [0.3, 0.4) is 0 Å². The molecule has 3 rings (SSSR count). The Kier molecular flexibility index (Phi) is 1.83. The molecular formula is C10H15N3O. The zero-order chi connectivity index (χ0) is 9.54. The van der Waals surface area contributed by atoms with Gasteiger partial charge in [0.2, 0.25) is 5.89 Å². The van der Waals surface area contributed by atoms with Crippen molar-refractivity contribution in [3.8, 4) is 0 Å². The van der Waals surface area contributed by atoms with Crippen molar-refractivity contribution in [3.63, 3.8) is 0 Å². The molecule has 1 aromatic heterocycles. The minimum atomic E-state index is 0.563. The van der Waals surface area contributed by atoms with Gasteiger partial charge in [-0.25, -0.2) is 0 Å². The fourth-order valence-corrected chi connectivity index (χ4v) is 1.69. The van der Waals surface area contributed by atoms with Crippen LogP contribution in [0, 0.1) is 5.92 Å². The summed E-state index contributed by atoms with van der Waals surface area (Å²) < 4.78 is 5.17. The number of rotatable bonds is 4. The monoisotopic (exact) mass is 193 g/mol. The highest BCUT2D eigenvalue weighted by atomic mass is 16.5. The summed E-state index contributed by atoms with van der Waals surface area (Å²) in [6.45, 7) is 2.96. The lowest BCUT2D eigenvalue weighted by molar-refractivity contribution is 0.362. The van der Waals surface area contributed by atoms with Crippen LogP contribution in [0.1, 0.15) is 43.8 Å². The van der Waals surface area contributed by atoms with Crippen LogP contribution < -0.4 is 5.32 Å². The van der Waals surface area contributed by atoms with E-state index < -0.39 is 0 Å². The molecule has 0 spiro atoms. The largest absolute Gasteiger partial charge is 0.338 e. The van der Waals surface area contributed by atoms with Crippen LogP contribution in [0.25, 0.3) is 0 Å². The lowest BCUT2D eigenvalue weighted by Gasteiger charge is -1.94. The summed E-state index contributed by atoms with van der Waals surface area (Å²) in [6.07, 6.45) is 3.80. The Hall–Kier alpha value is -0.900. The van der Waals surface area contributed by atoms with Crippen molar-refractivity contribution in [1.82, 2.24) is 15.5 Å². The Balaban J connectivity index is 1.59. The van der Waals surface area contributed by atoms with Gasteiger partial charge in [-0.2, -0.15) is 4.98 Å². The number of aromatic nitrogens is 2. The first-order chi connectivity index (χ1) is 6.83. The normalized spacial score (nSPS) is 30.6. The highest BCUT2D eigenvalue weighted by Gasteiger charge is 2.38.